The molecule has 1 aromatic rings. The van der Waals surface area contributed by atoms with Crippen LogP contribution in [0.1, 0.15) is 5.56 Å². The number of halogens is 2. The first-order valence-corrected chi connectivity index (χ1v) is 9.04. The number of quaternary nitrogens is 2. The number of benzene rings is 1. The SMILES string of the molecule is Cc1cc(Cl)c(OCCOCC[NH+]2CC[NH+](C)CC2)c(Br)c1. The molecule has 124 valence electrons. The van der Waals surface area contributed by atoms with Crippen LogP contribution in [0.3, 0.4) is 0 Å². The van der Waals surface area contributed by atoms with Gasteiger partial charge in [-0.3, -0.25) is 0 Å². The van der Waals surface area contributed by atoms with Crippen molar-refractivity contribution >= 4 is 27.5 Å². The molecule has 0 unspecified atom stereocenters. The van der Waals surface area contributed by atoms with Gasteiger partial charge in [-0.15, -0.1) is 0 Å². The molecule has 0 saturated carbocycles. The fraction of sp³-hybridized carbons (Fsp3) is 0.625. The summed E-state index contributed by atoms with van der Waals surface area (Å²) in [5.74, 6) is 0.698. The molecule has 1 aliphatic rings. The second kappa shape index (κ2) is 9.08. The average Bonchev–Trinajstić information content (AvgIpc) is 2.46. The molecule has 1 heterocycles. The van der Waals surface area contributed by atoms with Crippen LogP contribution in [0, 0.1) is 6.92 Å². The number of piperazine rings is 1. The van der Waals surface area contributed by atoms with Crippen LogP contribution in [0.5, 0.6) is 5.75 Å². The smallest absolute Gasteiger partial charge is 0.152 e. The summed E-state index contributed by atoms with van der Waals surface area (Å²) in [7, 11) is 2.26. The van der Waals surface area contributed by atoms with Crippen molar-refractivity contribution in [1.82, 2.24) is 0 Å². The van der Waals surface area contributed by atoms with Crippen molar-refractivity contribution < 1.29 is 19.3 Å². The summed E-state index contributed by atoms with van der Waals surface area (Å²) in [6.07, 6.45) is 0. The molecular formula is C16H26BrClN2O2+2. The zero-order chi connectivity index (χ0) is 15.9. The van der Waals surface area contributed by atoms with Gasteiger partial charge in [0.2, 0.25) is 0 Å². The van der Waals surface area contributed by atoms with Crippen molar-refractivity contribution in [3.8, 4) is 5.75 Å². The summed E-state index contributed by atoms with van der Waals surface area (Å²) < 4.78 is 12.3. The van der Waals surface area contributed by atoms with E-state index in [0.29, 0.717) is 24.0 Å². The highest BCUT2D eigenvalue weighted by molar-refractivity contribution is 9.10. The molecule has 1 aromatic carbocycles. The van der Waals surface area contributed by atoms with Crippen molar-refractivity contribution in [2.75, 3.05) is 59.6 Å². The van der Waals surface area contributed by atoms with E-state index in [0.717, 1.165) is 23.2 Å². The van der Waals surface area contributed by atoms with Gasteiger partial charge in [0.1, 0.15) is 39.3 Å². The van der Waals surface area contributed by atoms with E-state index in [4.69, 9.17) is 21.1 Å². The van der Waals surface area contributed by atoms with E-state index < -0.39 is 0 Å². The molecule has 0 amide bonds. The Kier molecular flexibility index (Phi) is 7.44. The summed E-state index contributed by atoms with van der Waals surface area (Å²) in [6, 6.07) is 3.90. The maximum absolute atomic E-state index is 6.19. The summed E-state index contributed by atoms with van der Waals surface area (Å²) in [6.45, 7) is 10.0. The largest absolute Gasteiger partial charge is 0.488 e. The van der Waals surface area contributed by atoms with E-state index in [1.165, 1.54) is 26.2 Å². The first-order valence-electron chi connectivity index (χ1n) is 7.87. The van der Waals surface area contributed by atoms with Crippen LogP contribution >= 0.6 is 27.5 Å². The first-order chi connectivity index (χ1) is 10.6. The van der Waals surface area contributed by atoms with E-state index in [-0.39, 0.29) is 0 Å². The molecule has 2 rings (SSSR count). The molecule has 2 N–H and O–H groups in total. The Morgan fingerprint density at radius 2 is 1.86 bits per heavy atom. The van der Waals surface area contributed by atoms with Gasteiger partial charge in [-0.1, -0.05) is 11.6 Å². The Hall–Kier alpha value is -0.330. The van der Waals surface area contributed by atoms with Crippen LogP contribution < -0.4 is 14.5 Å². The standard InChI is InChI=1S/C16H24BrClN2O2/c1-13-11-14(17)16(15(18)12-13)22-10-9-21-8-7-20-5-3-19(2)4-6-20/h11-12H,3-10H2,1-2H3/p+2. The molecule has 6 heteroatoms. The van der Waals surface area contributed by atoms with E-state index in [9.17, 15) is 0 Å². The van der Waals surface area contributed by atoms with Gasteiger partial charge in [0, 0.05) is 0 Å². The molecule has 0 atom stereocenters. The third-order valence-electron chi connectivity index (χ3n) is 4.03. The van der Waals surface area contributed by atoms with Gasteiger partial charge in [0.05, 0.1) is 29.8 Å². The minimum atomic E-state index is 0.517. The predicted octanol–water partition coefficient (Wildman–Crippen LogP) is 0.220. The van der Waals surface area contributed by atoms with Gasteiger partial charge in [-0.2, -0.15) is 0 Å². The topological polar surface area (TPSA) is 27.3 Å². The minimum absolute atomic E-state index is 0.517. The lowest BCUT2D eigenvalue weighted by Gasteiger charge is -2.27. The lowest BCUT2D eigenvalue weighted by Crippen LogP contribution is -3.27. The molecule has 4 nitrogen and oxygen atoms in total. The van der Waals surface area contributed by atoms with Gasteiger partial charge in [0.15, 0.2) is 5.75 Å². The van der Waals surface area contributed by atoms with Gasteiger partial charge in [-0.25, -0.2) is 0 Å². The number of nitrogens with one attached hydrogen (secondary N) is 2. The zero-order valence-corrected chi connectivity index (χ0v) is 15.7. The molecule has 0 radical (unpaired) electrons. The first kappa shape index (κ1) is 18.0. The fourth-order valence-corrected chi connectivity index (χ4v) is 3.76. The summed E-state index contributed by atoms with van der Waals surface area (Å²) >= 11 is 9.67. The monoisotopic (exact) mass is 392 g/mol. The van der Waals surface area contributed by atoms with E-state index in [1.54, 1.807) is 9.80 Å². The highest BCUT2D eigenvalue weighted by Gasteiger charge is 2.19. The number of likely N-dealkylation sites (N-methyl/N-ethyl adjacent to an activating group) is 1. The predicted molar refractivity (Wildman–Crippen MR) is 92.4 cm³/mol. The molecule has 0 bridgehead atoms. The quantitative estimate of drug-likeness (QED) is 0.649. The number of ether oxygens (including phenoxy) is 2. The minimum Gasteiger partial charge on any atom is -0.488 e. The second-order valence-corrected chi connectivity index (χ2v) is 7.24. The van der Waals surface area contributed by atoms with Gasteiger partial charge < -0.3 is 19.3 Å². The van der Waals surface area contributed by atoms with Gasteiger partial charge in [-0.05, 0) is 40.5 Å². The Balaban J connectivity index is 1.60. The summed E-state index contributed by atoms with van der Waals surface area (Å²) in [4.78, 5) is 3.29. The average molecular weight is 394 g/mol. The summed E-state index contributed by atoms with van der Waals surface area (Å²) in [5, 5.41) is 0.635. The number of hydrogen-bond acceptors (Lipinski definition) is 2. The maximum Gasteiger partial charge on any atom is 0.152 e. The molecular weight excluding hydrogens is 368 g/mol. The molecule has 22 heavy (non-hydrogen) atoms. The highest BCUT2D eigenvalue weighted by Crippen LogP contribution is 2.34. The number of rotatable bonds is 7. The Morgan fingerprint density at radius 1 is 1.14 bits per heavy atom. The van der Waals surface area contributed by atoms with Gasteiger partial charge >= 0.3 is 0 Å². The molecule has 1 saturated heterocycles. The number of hydrogen-bond donors (Lipinski definition) is 2. The van der Waals surface area contributed by atoms with Crippen LogP contribution in [-0.2, 0) is 4.74 Å². The van der Waals surface area contributed by atoms with Gasteiger partial charge in [0.25, 0.3) is 0 Å². The lowest BCUT2D eigenvalue weighted by molar-refractivity contribution is -1.00. The Morgan fingerprint density at radius 3 is 2.55 bits per heavy atom. The molecule has 1 aliphatic heterocycles. The maximum atomic E-state index is 6.19. The molecule has 1 fully saturated rings. The van der Waals surface area contributed by atoms with Crippen LogP contribution in [-0.4, -0.2) is 59.6 Å². The van der Waals surface area contributed by atoms with Crippen molar-refractivity contribution in [3.63, 3.8) is 0 Å². The lowest BCUT2D eigenvalue weighted by atomic mass is 10.2. The van der Waals surface area contributed by atoms with Crippen LogP contribution in [0.2, 0.25) is 5.02 Å². The van der Waals surface area contributed by atoms with Crippen LogP contribution in [0.15, 0.2) is 16.6 Å². The Labute approximate surface area is 146 Å². The molecule has 0 aliphatic carbocycles. The zero-order valence-electron chi connectivity index (χ0n) is 13.4. The van der Waals surface area contributed by atoms with E-state index in [2.05, 4.69) is 23.0 Å². The molecule has 0 spiro atoms. The normalized spacial score (nSPS) is 21.8. The fourth-order valence-electron chi connectivity index (χ4n) is 2.63. The molecule has 0 aromatic heterocycles. The third kappa shape index (κ3) is 5.70. The van der Waals surface area contributed by atoms with Crippen LogP contribution in [0.4, 0.5) is 0 Å². The Bertz CT molecular complexity index is 456. The van der Waals surface area contributed by atoms with Crippen molar-refractivity contribution in [2.45, 2.75) is 6.92 Å². The second-order valence-electron chi connectivity index (χ2n) is 5.98. The van der Waals surface area contributed by atoms with E-state index in [1.807, 2.05) is 19.1 Å². The van der Waals surface area contributed by atoms with Crippen molar-refractivity contribution in [3.05, 3.63) is 27.2 Å². The van der Waals surface area contributed by atoms with Crippen molar-refractivity contribution in [1.29, 1.82) is 0 Å². The van der Waals surface area contributed by atoms with Crippen molar-refractivity contribution in [2.24, 2.45) is 0 Å². The van der Waals surface area contributed by atoms with Crippen LogP contribution in [0.25, 0.3) is 0 Å². The highest BCUT2D eigenvalue weighted by atomic mass is 79.9. The number of aryl methyl sites for hydroxylation is 1. The summed E-state index contributed by atoms with van der Waals surface area (Å²) in [5.41, 5.74) is 1.11. The third-order valence-corrected chi connectivity index (χ3v) is 4.90. The van der Waals surface area contributed by atoms with E-state index >= 15 is 0 Å².